The average Bonchev–Trinajstić information content (AvgIpc) is 2.69. The number of aliphatic hydroxyl groups is 1. The fourth-order valence-corrected chi connectivity index (χ4v) is 5.13. The van der Waals surface area contributed by atoms with Crippen LogP contribution in [0.1, 0.15) is 50.5 Å². The molecule has 2 atom stereocenters. The first-order valence-electron chi connectivity index (χ1n) is 10.4. The summed E-state index contributed by atoms with van der Waals surface area (Å²) in [7, 11) is 0. The number of ether oxygens (including phenoxy) is 1. The molecule has 0 aromatic carbocycles. The molecule has 0 spiro atoms. The Morgan fingerprint density at radius 1 is 1.12 bits per heavy atom. The van der Waals surface area contributed by atoms with Crippen molar-refractivity contribution < 1.29 is 9.84 Å². The molecule has 26 heavy (non-hydrogen) atoms. The van der Waals surface area contributed by atoms with Gasteiger partial charge < -0.3 is 14.7 Å². The molecule has 0 amide bonds. The van der Waals surface area contributed by atoms with Crippen molar-refractivity contribution in [2.75, 3.05) is 32.7 Å². The van der Waals surface area contributed by atoms with Crippen molar-refractivity contribution in [1.29, 1.82) is 0 Å². The Kier molecular flexibility index (Phi) is 5.89. The smallest absolute Gasteiger partial charge is 0.0928 e. The van der Waals surface area contributed by atoms with E-state index in [0.717, 1.165) is 50.9 Å². The van der Waals surface area contributed by atoms with Gasteiger partial charge in [-0.3, -0.25) is 9.88 Å². The quantitative estimate of drug-likeness (QED) is 0.875. The summed E-state index contributed by atoms with van der Waals surface area (Å²) in [6.45, 7) is 5.91. The van der Waals surface area contributed by atoms with E-state index in [0.29, 0.717) is 18.8 Å². The van der Waals surface area contributed by atoms with Gasteiger partial charge in [0, 0.05) is 38.1 Å². The van der Waals surface area contributed by atoms with Gasteiger partial charge in [-0.05, 0) is 63.2 Å². The standard InChI is InChI=1S/C21H33N3O2/c25-21(9-4-12-24-11-2-1-6-20(21)24)17-23-13-7-19(8-14-23)26-16-18-5-3-10-22-15-18/h3,5,10,15,19-20,25H,1-2,4,6-9,11-14,16-17H2/t20-,21-/m1/s1. The van der Waals surface area contributed by atoms with Crippen LogP contribution in [-0.2, 0) is 11.3 Å². The minimum Gasteiger partial charge on any atom is -0.387 e. The van der Waals surface area contributed by atoms with Crippen LogP contribution in [0.4, 0.5) is 0 Å². The molecule has 0 unspecified atom stereocenters. The molecule has 3 aliphatic rings. The van der Waals surface area contributed by atoms with E-state index in [4.69, 9.17) is 4.74 Å². The Labute approximate surface area is 157 Å². The highest BCUT2D eigenvalue weighted by atomic mass is 16.5. The normalized spacial score (nSPS) is 31.7. The van der Waals surface area contributed by atoms with Crippen molar-refractivity contribution in [2.45, 2.75) is 69.3 Å². The average molecular weight is 360 g/mol. The zero-order chi connectivity index (χ0) is 17.8. The van der Waals surface area contributed by atoms with Crippen LogP contribution in [0.3, 0.4) is 0 Å². The van der Waals surface area contributed by atoms with E-state index in [1.165, 1.54) is 32.4 Å². The molecule has 0 aliphatic carbocycles. The number of piperidine rings is 3. The molecule has 1 N–H and O–H groups in total. The minimum absolute atomic E-state index is 0.332. The largest absolute Gasteiger partial charge is 0.387 e. The number of hydrogen-bond donors (Lipinski definition) is 1. The van der Waals surface area contributed by atoms with Gasteiger partial charge in [0.1, 0.15) is 0 Å². The van der Waals surface area contributed by atoms with Gasteiger partial charge in [-0.15, -0.1) is 0 Å². The zero-order valence-electron chi connectivity index (χ0n) is 15.9. The number of likely N-dealkylation sites (tertiary alicyclic amines) is 1. The molecule has 4 heterocycles. The predicted molar refractivity (Wildman–Crippen MR) is 102 cm³/mol. The molecule has 5 heteroatoms. The van der Waals surface area contributed by atoms with Gasteiger partial charge in [0.15, 0.2) is 0 Å². The highest BCUT2D eigenvalue weighted by molar-refractivity contribution is 5.07. The molecule has 0 radical (unpaired) electrons. The maximum Gasteiger partial charge on any atom is 0.0928 e. The van der Waals surface area contributed by atoms with E-state index >= 15 is 0 Å². The van der Waals surface area contributed by atoms with Crippen LogP contribution in [0.5, 0.6) is 0 Å². The van der Waals surface area contributed by atoms with Crippen LogP contribution in [-0.4, -0.2) is 70.4 Å². The molecule has 1 aromatic rings. The number of hydrogen-bond acceptors (Lipinski definition) is 5. The Bertz CT molecular complexity index is 560. The van der Waals surface area contributed by atoms with E-state index in [1.54, 1.807) is 6.20 Å². The van der Waals surface area contributed by atoms with E-state index in [-0.39, 0.29) is 0 Å². The Hall–Kier alpha value is -1.01. The Morgan fingerprint density at radius 3 is 2.77 bits per heavy atom. The third kappa shape index (κ3) is 4.28. The Morgan fingerprint density at radius 2 is 1.96 bits per heavy atom. The van der Waals surface area contributed by atoms with Crippen molar-refractivity contribution in [2.24, 2.45) is 0 Å². The van der Waals surface area contributed by atoms with Crippen molar-refractivity contribution in [3.8, 4) is 0 Å². The maximum atomic E-state index is 11.4. The molecule has 0 bridgehead atoms. The van der Waals surface area contributed by atoms with Gasteiger partial charge in [0.25, 0.3) is 0 Å². The van der Waals surface area contributed by atoms with Crippen LogP contribution >= 0.6 is 0 Å². The van der Waals surface area contributed by atoms with Crippen LogP contribution in [0.2, 0.25) is 0 Å². The van der Waals surface area contributed by atoms with Gasteiger partial charge >= 0.3 is 0 Å². The first kappa shape index (κ1) is 18.4. The van der Waals surface area contributed by atoms with Crippen molar-refractivity contribution in [3.05, 3.63) is 30.1 Å². The van der Waals surface area contributed by atoms with Crippen LogP contribution in [0.25, 0.3) is 0 Å². The van der Waals surface area contributed by atoms with Gasteiger partial charge in [0.05, 0.1) is 18.3 Å². The monoisotopic (exact) mass is 359 g/mol. The van der Waals surface area contributed by atoms with Crippen molar-refractivity contribution in [3.63, 3.8) is 0 Å². The fourth-order valence-electron chi connectivity index (χ4n) is 5.13. The molecular weight excluding hydrogens is 326 g/mol. The summed E-state index contributed by atoms with van der Waals surface area (Å²) >= 11 is 0. The van der Waals surface area contributed by atoms with Gasteiger partial charge in [-0.25, -0.2) is 0 Å². The number of aromatic nitrogens is 1. The van der Waals surface area contributed by atoms with Gasteiger partial charge in [0.2, 0.25) is 0 Å². The zero-order valence-corrected chi connectivity index (χ0v) is 15.9. The third-order valence-electron chi connectivity index (χ3n) is 6.53. The van der Waals surface area contributed by atoms with E-state index in [2.05, 4.69) is 20.9 Å². The van der Waals surface area contributed by atoms with Gasteiger partial charge in [-0.2, -0.15) is 0 Å². The van der Waals surface area contributed by atoms with Crippen molar-refractivity contribution >= 4 is 0 Å². The summed E-state index contributed by atoms with van der Waals surface area (Å²) in [5.74, 6) is 0. The molecule has 4 rings (SSSR count). The first-order chi connectivity index (χ1) is 12.7. The lowest BCUT2D eigenvalue weighted by atomic mass is 9.79. The second kappa shape index (κ2) is 8.34. The van der Waals surface area contributed by atoms with Crippen LogP contribution < -0.4 is 0 Å². The maximum absolute atomic E-state index is 11.4. The summed E-state index contributed by atoms with van der Waals surface area (Å²) in [6.07, 6.45) is 12.0. The summed E-state index contributed by atoms with van der Waals surface area (Å²) < 4.78 is 6.08. The summed E-state index contributed by atoms with van der Waals surface area (Å²) in [5, 5.41) is 11.4. The summed E-state index contributed by atoms with van der Waals surface area (Å²) in [6, 6.07) is 4.40. The predicted octanol–water partition coefficient (Wildman–Crippen LogP) is 2.44. The molecule has 3 aliphatic heterocycles. The number of rotatable bonds is 5. The second-order valence-corrected chi connectivity index (χ2v) is 8.40. The molecule has 144 valence electrons. The molecule has 3 fully saturated rings. The van der Waals surface area contributed by atoms with E-state index < -0.39 is 5.60 Å². The first-order valence-corrected chi connectivity index (χ1v) is 10.4. The van der Waals surface area contributed by atoms with Crippen LogP contribution in [0.15, 0.2) is 24.5 Å². The number of β-amino-alcohol motifs (C(OH)–C–C–N with tert-alkyl or cyclic N) is 1. The number of fused-ring (bicyclic) bond motifs is 1. The third-order valence-corrected chi connectivity index (χ3v) is 6.53. The lowest BCUT2D eigenvalue weighted by Crippen LogP contribution is -2.63. The molecule has 5 nitrogen and oxygen atoms in total. The Balaban J connectivity index is 1.25. The molecule has 1 aromatic heterocycles. The van der Waals surface area contributed by atoms with Gasteiger partial charge in [-0.1, -0.05) is 12.5 Å². The lowest BCUT2D eigenvalue weighted by Gasteiger charge is -2.51. The van der Waals surface area contributed by atoms with E-state index in [9.17, 15) is 5.11 Å². The topological polar surface area (TPSA) is 48.8 Å². The van der Waals surface area contributed by atoms with Crippen molar-refractivity contribution in [1.82, 2.24) is 14.8 Å². The summed E-state index contributed by atoms with van der Waals surface area (Å²) in [5.41, 5.74) is 0.631. The molecule has 3 saturated heterocycles. The number of pyridine rings is 1. The lowest BCUT2D eigenvalue weighted by molar-refractivity contribution is -0.115. The van der Waals surface area contributed by atoms with E-state index in [1.807, 2.05) is 12.3 Å². The minimum atomic E-state index is -0.512. The SMILES string of the molecule is O[C@@]1(CN2CCC(OCc3cccnc3)CC2)CCCN2CCCC[C@@H]21. The summed E-state index contributed by atoms with van der Waals surface area (Å²) in [4.78, 5) is 9.17. The fraction of sp³-hybridized carbons (Fsp3) is 0.762. The highest BCUT2D eigenvalue weighted by Crippen LogP contribution is 2.35. The molecule has 0 saturated carbocycles. The van der Waals surface area contributed by atoms with Crippen LogP contribution in [0, 0.1) is 0 Å². The number of nitrogens with zero attached hydrogens (tertiary/aromatic N) is 3. The highest BCUT2D eigenvalue weighted by Gasteiger charge is 2.45. The molecular formula is C21H33N3O2. The second-order valence-electron chi connectivity index (χ2n) is 8.40.